The number of thiocarbonyl (C=S) groups is 1. The van der Waals surface area contributed by atoms with Crippen molar-refractivity contribution >= 4 is 23.2 Å². The largest absolute Gasteiger partial charge is 0.494 e. The number of amides is 1. The quantitative estimate of drug-likeness (QED) is 0.568. The Morgan fingerprint density at radius 1 is 1.19 bits per heavy atom. The Bertz CT molecular complexity index is 704. The molecule has 1 heterocycles. The van der Waals surface area contributed by atoms with Gasteiger partial charge in [0.2, 0.25) is 5.91 Å². The van der Waals surface area contributed by atoms with Gasteiger partial charge in [0.25, 0.3) is 0 Å². The van der Waals surface area contributed by atoms with Crippen molar-refractivity contribution in [1.29, 1.82) is 0 Å². The van der Waals surface area contributed by atoms with Crippen molar-refractivity contribution in [3.8, 4) is 5.75 Å². The van der Waals surface area contributed by atoms with Crippen molar-refractivity contribution in [3.05, 3.63) is 54.0 Å². The van der Waals surface area contributed by atoms with Gasteiger partial charge in [-0.3, -0.25) is 4.79 Å². The highest BCUT2D eigenvalue weighted by molar-refractivity contribution is 7.80. The number of ether oxygens (including phenoxy) is 1. The number of nitrogens with one attached hydrogen (secondary N) is 2. The van der Waals surface area contributed by atoms with Crippen LogP contribution >= 0.6 is 12.2 Å². The summed E-state index contributed by atoms with van der Waals surface area (Å²) in [5.74, 6) is 1.44. The summed E-state index contributed by atoms with van der Waals surface area (Å²) in [5, 5.41) is 5.87. The van der Waals surface area contributed by atoms with E-state index in [0.29, 0.717) is 31.1 Å². The van der Waals surface area contributed by atoms with Crippen LogP contribution in [0.15, 0.2) is 47.1 Å². The number of furan rings is 1. The number of benzene rings is 1. The maximum absolute atomic E-state index is 11.9. The fourth-order valence-electron chi connectivity index (χ4n) is 2.29. The molecule has 0 aliphatic heterocycles. The molecule has 1 amide bonds. The van der Waals surface area contributed by atoms with Crippen molar-refractivity contribution in [2.75, 3.05) is 6.61 Å². The summed E-state index contributed by atoms with van der Waals surface area (Å²) >= 11 is 5.08. The van der Waals surface area contributed by atoms with Crippen molar-refractivity contribution in [3.63, 3.8) is 0 Å². The highest BCUT2D eigenvalue weighted by atomic mass is 32.1. The molecule has 6 heteroatoms. The topological polar surface area (TPSA) is 63.5 Å². The van der Waals surface area contributed by atoms with Gasteiger partial charge < -0.3 is 19.8 Å². The lowest BCUT2D eigenvalue weighted by atomic mass is 9.87. The van der Waals surface area contributed by atoms with Gasteiger partial charge in [0.1, 0.15) is 11.5 Å². The van der Waals surface area contributed by atoms with Crippen LogP contribution in [0.5, 0.6) is 5.75 Å². The van der Waals surface area contributed by atoms with E-state index in [9.17, 15) is 4.79 Å². The average Bonchev–Trinajstić information content (AvgIpc) is 3.10. The van der Waals surface area contributed by atoms with Gasteiger partial charge in [-0.1, -0.05) is 32.9 Å². The van der Waals surface area contributed by atoms with Gasteiger partial charge in [-0.25, -0.2) is 0 Å². The minimum Gasteiger partial charge on any atom is -0.494 e. The van der Waals surface area contributed by atoms with Crippen molar-refractivity contribution in [1.82, 2.24) is 10.6 Å². The summed E-state index contributed by atoms with van der Waals surface area (Å²) in [4.78, 5) is 11.9. The predicted molar refractivity (Wildman–Crippen MR) is 106 cm³/mol. The summed E-state index contributed by atoms with van der Waals surface area (Å²) in [6.45, 7) is 7.45. The minimum absolute atomic E-state index is 0.125. The third-order valence-corrected chi connectivity index (χ3v) is 4.04. The Morgan fingerprint density at radius 2 is 1.92 bits per heavy atom. The van der Waals surface area contributed by atoms with E-state index in [1.807, 2.05) is 18.2 Å². The molecule has 0 saturated carbocycles. The molecule has 0 bridgehead atoms. The molecule has 5 nitrogen and oxygen atoms in total. The monoisotopic (exact) mass is 374 g/mol. The molecule has 2 rings (SSSR count). The highest BCUT2D eigenvalue weighted by Crippen LogP contribution is 2.24. The first-order valence-electron chi connectivity index (χ1n) is 8.68. The average molecular weight is 375 g/mol. The summed E-state index contributed by atoms with van der Waals surface area (Å²) < 4.78 is 10.9. The molecule has 0 unspecified atom stereocenters. The molecule has 0 radical (unpaired) electrons. The van der Waals surface area contributed by atoms with Gasteiger partial charge in [-0.05, 0) is 53.9 Å². The van der Waals surface area contributed by atoms with Crippen LogP contribution in [0.25, 0.3) is 0 Å². The second kappa shape index (κ2) is 9.38. The zero-order chi connectivity index (χ0) is 19.0. The third kappa shape index (κ3) is 6.88. The van der Waals surface area contributed by atoms with Gasteiger partial charge in [0.05, 0.1) is 19.4 Å². The molecular weight excluding hydrogens is 348 g/mol. The van der Waals surface area contributed by atoms with E-state index in [1.54, 1.807) is 12.3 Å². The number of hydrogen-bond acceptors (Lipinski definition) is 4. The fraction of sp³-hybridized carbons (Fsp3) is 0.400. The van der Waals surface area contributed by atoms with E-state index in [4.69, 9.17) is 21.4 Å². The number of rotatable bonds is 7. The van der Waals surface area contributed by atoms with Crippen LogP contribution in [0.3, 0.4) is 0 Å². The second-order valence-corrected chi connectivity index (χ2v) is 7.44. The lowest BCUT2D eigenvalue weighted by Crippen LogP contribution is -2.38. The van der Waals surface area contributed by atoms with Gasteiger partial charge >= 0.3 is 0 Å². The molecule has 2 aromatic rings. The first-order chi connectivity index (χ1) is 12.3. The summed E-state index contributed by atoms with van der Waals surface area (Å²) in [7, 11) is 0. The Morgan fingerprint density at radius 3 is 2.54 bits per heavy atom. The maximum Gasteiger partial charge on any atom is 0.226 e. The van der Waals surface area contributed by atoms with Crippen molar-refractivity contribution in [2.45, 2.75) is 45.6 Å². The lowest BCUT2D eigenvalue weighted by Gasteiger charge is -2.19. The number of carbonyl (C=O) groups is 1. The first kappa shape index (κ1) is 20.0. The molecule has 0 spiro atoms. The molecule has 0 aliphatic rings. The van der Waals surface area contributed by atoms with Crippen LogP contribution in [0.4, 0.5) is 0 Å². The zero-order valence-electron chi connectivity index (χ0n) is 15.5. The minimum atomic E-state index is -0.131. The molecular formula is C20H26N2O3S. The maximum atomic E-state index is 11.9. The Hall–Kier alpha value is -2.34. The fourth-order valence-corrected chi connectivity index (χ4v) is 2.47. The molecule has 0 saturated heterocycles. The van der Waals surface area contributed by atoms with E-state index < -0.39 is 0 Å². The first-order valence-corrected chi connectivity index (χ1v) is 9.09. The van der Waals surface area contributed by atoms with Crippen molar-refractivity contribution in [2.24, 2.45) is 0 Å². The van der Waals surface area contributed by atoms with Crippen LogP contribution in [0.2, 0.25) is 0 Å². The van der Waals surface area contributed by atoms with Gasteiger partial charge in [-0.15, -0.1) is 0 Å². The normalized spacial score (nSPS) is 11.0. The SMILES string of the molecule is CC(C)(C)c1ccc(OCCCC(=O)NC(=S)NCc2ccco2)cc1. The lowest BCUT2D eigenvalue weighted by molar-refractivity contribution is -0.119. The van der Waals surface area contributed by atoms with Gasteiger partial charge in [0.15, 0.2) is 5.11 Å². The van der Waals surface area contributed by atoms with Crippen LogP contribution < -0.4 is 15.4 Å². The summed E-state index contributed by atoms with van der Waals surface area (Å²) in [5.41, 5.74) is 1.39. The van der Waals surface area contributed by atoms with E-state index in [2.05, 4.69) is 43.5 Å². The number of carbonyl (C=O) groups excluding carboxylic acids is 1. The van der Waals surface area contributed by atoms with Crippen molar-refractivity contribution < 1.29 is 13.9 Å². The number of hydrogen-bond donors (Lipinski definition) is 2. The van der Waals surface area contributed by atoms with Crippen LogP contribution in [0, 0.1) is 0 Å². The van der Waals surface area contributed by atoms with Crippen LogP contribution in [-0.4, -0.2) is 17.6 Å². The van der Waals surface area contributed by atoms with E-state index in [-0.39, 0.29) is 11.3 Å². The van der Waals surface area contributed by atoms with E-state index in [0.717, 1.165) is 11.5 Å². The molecule has 1 aromatic heterocycles. The van der Waals surface area contributed by atoms with Gasteiger partial charge in [0, 0.05) is 6.42 Å². The standard InChI is InChI=1S/C20H26N2O3S/c1-20(2,3)15-8-10-16(11-9-15)24-13-5-7-18(23)22-19(26)21-14-17-6-4-12-25-17/h4,6,8-12H,5,7,13-14H2,1-3H3,(H2,21,22,23,26). The Balaban J connectivity index is 1.61. The highest BCUT2D eigenvalue weighted by Gasteiger charge is 2.13. The van der Waals surface area contributed by atoms with Crippen LogP contribution in [-0.2, 0) is 16.8 Å². The third-order valence-electron chi connectivity index (χ3n) is 3.79. The molecule has 1 aromatic carbocycles. The molecule has 0 atom stereocenters. The summed E-state index contributed by atoms with van der Waals surface area (Å²) in [6.07, 6.45) is 2.56. The predicted octanol–water partition coefficient (Wildman–Crippen LogP) is 3.93. The molecule has 2 N–H and O–H groups in total. The van der Waals surface area contributed by atoms with Gasteiger partial charge in [-0.2, -0.15) is 0 Å². The summed E-state index contributed by atoms with van der Waals surface area (Å²) in [6, 6.07) is 11.7. The second-order valence-electron chi connectivity index (χ2n) is 7.04. The molecule has 140 valence electrons. The Kier molecular flexibility index (Phi) is 7.21. The molecule has 0 aliphatic carbocycles. The zero-order valence-corrected chi connectivity index (χ0v) is 16.3. The molecule has 0 fully saturated rings. The van der Waals surface area contributed by atoms with E-state index >= 15 is 0 Å². The smallest absolute Gasteiger partial charge is 0.226 e. The Labute approximate surface area is 160 Å². The van der Waals surface area contributed by atoms with E-state index in [1.165, 1.54) is 5.56 Å². The molecule has 26 heavy (non-hydrogen) atoms. The van der Waals surface area contributed by atoms with Crippen LogP contribution in [0.1, 0.15) is 44.9 Å².